The van der Waals surface area contributed by atoms with Crippen LogP contribution in [0.3, 0.4) is 0 Å². The Morgan fingerprint density at radius 1 is 0.625 bits per heavy atom. The summed E-state index contributed by atoms with van der Waals surface area (Å²) in [5.74, 6) is -5.20. The highest BCUT2D eigenvalue weighted by molar-refractivity contribution is 6.18. The molecular weight excluding hydrogens is 805 g/mol. The number of fused-ring (bicyclic) bond motifs is 7. The van der Waals surface area contributed by atoms with Crippen LogP contribution in [0.1, 0.15) is 52.0 Å². The Balaban J connectivity index is 1.19. The van der Waals surface area contributed by atoms with Crippen molar-refractivity contribution in [3.8, 4) is 0 Å². The molecule has 64 heavy (non-hydrogen) atoms. The highest BCUT2D eigenvalue weighted by Gasteiger charge is 2.83. The van der Waals surface area contributed by atoms with Crippen molar-refractivity contribution in [1.29, 1.82) is 0 Å². The summed E-state index contributed by atoms with van der Waals surface area (Å²) in [6, 6.07) is 50.9. The van der Waals surface area contributed by atoms with Crippen molar-refractivity contribution in [1.82, 2.24) is 14.9 Å². The zero-order valence-electron chi connectivity index (χ0n) is 35.0. The van der Waals surface area contributed by atoms with E-state index in [0.717, 1.165) is 10.5 Å². The average Bonchev–Trinajstić information content (AvgIpc) is 4.01. The molecule has 0 aromatic heterocycles. The molecule has 4 heterocycles. The first kappa shape index (κ1) is 40.6. The van der Waals surface area contributed by atoms with Gasteiger partial charge in [-0.1, -0.05) is 176 Å². The Morgan fingerprint density at radius 2 is 1.06 bits per heavy atom. The van der Waals surface area contributed by atoms with Gasteiger partial charge < -0.3 is 14.4 Å². The molecule has 0 saturated carbocycles. The molecule has 10 rings (SSSR count). The molecule has 0 bridgehead atoms. The molecule has 4 aliphatic rings. The Morgan fingerprint density at radius 3 is 1.53 bits per heavy atom. The van der Waals surface area contributed by atoms with E-state index in [4.69, 9.17) is 9.47 Å². The van der Waals surface area contributed by atoms with E-state index in [-0.39, 0.29) is 13.0 Å². The smallest absolute Gasteiger partial charge is 0.340 e. The van der Waals surface area contributed by atoms with Crippen LogP contribution in [-0.2, 0) is 45.5 Å². The molecule has 6 aromatic carbocycles. The van der Waals surface area contributed by atoms with Crippen LogP contribution in [-0.4, -0.2) is 69.2 Å². The fraction of sp³-hybridized carbons (Fsp3) is 0.189. The Labute approximate surface area is 370 Å². The molecule has 1 spiro atoms. The minimum Gasteiger partial charge on any atom is -0.451 e. The van der Waals surface area contributed by atoms with Gasteiger partial charge in [-0.05, 0) is 33.9 Å². The second-order valence-electron chi connectivity index (χ2n) is 16.6. The number of para-hydroxylation sites is 1. The molecule has 0 N–H and O–H groups in total. The summed E-state index contributed by atoms with van der Waals surface area (Å²) in [5.41, 5.74) is 0.0215. The number of likely N-dealkylation sites (N-methyl/N-ethyl adjacent to an activating group) is 1. The first-order valence-corrected chi connectivity index (χ1v) is 21.3. The largest absolute Gasteiger partial charge is 0.451 e. The normalized spacial score (nSPS) is 22.2. The minimum absolute atomic E-state index is 0.154. The van der Waals surface area contributed by atoms with Crippen LogP contribution in [0.5, 0.6) is 0 Å². The second kappa shape index (κ2) is 16.0. The van der Waals surface area contributed by atoms with Crippen molar-refractivity contribution in [3.05, 3.63) is 222 Å². The maximum Gasteiger partial charge on any atom is 0.340 e. The SMILES string of the molecule is C=C[C@@H]1CC(C(=O)OC(c2ccccc2)c2ccccc2)(C(=O)OC(c2ccccc2)c2ccccc2)N2[C@@H]3C(=O)N(C)C(=O)[C@@H]3[C@@]3(C(=O)N(Cc4ccccc4)c4ccccc43)N12. The van der Waals surface area contributed by atoms with Crippen LogP contribution >= 0.6 is 0 Å². The van der Waals surface area contributed by atoms with E-state index in [9.17, 15) is 9.59 Å². The lowest BCUT2D eigenvalue weighted by molar-refractivity contribution is -0.192. The predicted molar refractivity (Wildman–Crippen MR) is 237 cm³/mol. The van der Waals surface area contributed by atoms with Crippen molar-refractivity contribution in [2.75, 3.05) is 11.9 Å². The molecular formula is C53H44N4O7. The second-order valence-corrected chi connectivity index (χ2v) is 16.6. The van der Waals surface area contributed by atoms with Gasteiger partial charge in [0.1, 0.15) is 6.04 Å². The van der Waals surface area contributed by atoms with Gasteiger partial charge in [0, 0.05) is 30.8 Å². The first-order valence-electron chi connectivity index (χ1n) is 21.3. The highest BCUT2D eigenvalue weighted by Crippen LogP contribution is 2.63. The van der Waals surface area contributed by atoms with Crippen molar-refractivity contribution in [2.24, 2.45) is 5.92 Å². The van der Waals surface area contributed by atoms with E-state index in [1.54, 1.807) is 28.1 Å². The summed E-state index contributed by atoms with van der Waals surface area (Å²) in [4.78, 5) is 80.2. The fourth-order valence-electron chi connectivity index (χ4n) is 10.3. The molecule has 4 aliphatic heterocycles. The maximum absolute atomic E-state index is 16.0. The zero-order chi connectivity index (χ0) is 44.2. The highest BCUT2D eigenvalue weighted by atomic mass is 16.6. The summed E-state index contributed by atoms with van der Waals surface area (Å²) < 4.78 is 13.3. The number of ether oxygens (including phenoxy) is 2. The maximum atomic E-state index is 16.0. The van der Waals surface area contributed by atoms with Crippen molar-refractivity contribution in [2.45, 2.75) is 48.3 Å². The summed E-state index contributed by atoms with van der Waals surface area (Å²) >= 11 is 0. The average molecular weight is 849 g/mol. The van der Waals surface area contributed by atoms with Gasteiger partial charge in [0.15, 0.2) is 17.7 Å². The molecule has 3 amide bonds. The number of anilines is 1. The zero-order valence-corrected chi connectivity index (χ0v) is 35.0. The molecule has 11 nitrogen and oxygen atoms in total. The standard InChI is InChI=1S/C53H44N4O7/c1-3-40-33-52(50(61)63-45(36-23-11-5-12-24-36)37-25-13-6-14-26-37,51(62)64-46(38-27-15-7-16-28-38)39-29-17-8-18-30-39)57-44-43(47(58)54(2)48(44)59)53(56(40)57)41-31-19-20-32-42(41)55(49(53)60)34-35-21-9-4-10-22-35/h3-32,40,43-46H,1,33-34H2,2H3/t40-,43-,44+,53+/m1/s1. The topological polar surface area (TPSA) is 117 Å². The minimum atomic E-state index is -2.45. The molecule has 6 aromatic rings. The number of hydrogen-bond donors (Lipinski definition) is 0. The lowest BCUT2D eigenvalue weighted by Gasteiger charge is -2.41. The van der Waals surface area contributed by atoms with E-state index >= 15 is 14.4 Å². The van der Waals surface area contributed by atoms with E-state index in [1.807, 2.05) is 164 Å². The van der Waals surface area contributed by atoms with Crippen LogP contribution in [0.4, 0.5) is 5.69 Å². The van der Waals surface area contributed by atoms with Gasteiger partial charge in [-0.15, -0.1) is 6.58 Å². The molecule has 11 heteroatoms. The van der Waals surface area contributed by atoms with Crippen molar-refractivity contribution in [3.63, 3.8) is 0 Å². The summed E-state index contributed by atoms with van der Waals surface area (Å²) in [5, 5.41) is 2.99. The van der Waals surface area contributed by atoms with E-state index in [2.05, 4.69) is 6.58 Å². The Hall–Kier alpha value is -7.47. The van der Waals surface area contributed by atoms with Crippen molar-refractivity contribution >= 4 is 35.3 Å². The summed E-state index contributed by atoms with van der Waals surface area (Å²) in [6.45, 7) is 4.35. The molecule has 3 saturated heterocycles. The fourth-order valence-corrected chi connectivity index (χ4v) is 10.3. The number of rotatable bonds is 11. The molecule has 4 atom stereocenters. The van der Waals surface area contributed by atoms with Crippen LogP contribution in [0.25, 0.3) is 0 Å². The molecule has 0 radical (unpaired) electrons. The lowest BCUT2D eigenvalue weighted by Crippen LogP contribution is -2.64. The van der Waals surface area contributed by atoms with Gasteiger partial charge in [0.25, 0.3) is 5.91 Å². The summed E-state index contributed by atoms with van der Waals surface area (Å²) in [6.07, 6.45) is -0.794. The van der Waals surface area contributed by atoms with Crippen LogP contribution < -0.4 is 4.90 Å². The number of likely N-dealkylation sites (tertiary alicyclic amines) is 1. The number of benzene rings is 6. The third kappa shape index (κ3) is 6.06. The Bertz CT molecular complexity index is 2600. The van der Waals surface area contributed by atoms with Crippen molar-refractivity contribution < 1.29 is 33.4 Å². The number of imide groups is 1. The number of hydrogen-bond acceptors (Lipinski definition) is 9. The number of carbonyl (C=O) groups excluding carboxylic acids is 5. The van der Waals surface area contributed by atoms with Crippen LogP contribution in [0.15, 0.2) is 189 Å². The van der Waals surface area contributed by atoms with E-state index < -0.39 is 70.9 Å². The van der Waals surface area contributed by atoms with Gasteiger partial charge in [-0.2, -0.15) is 5.01 Å². The van der Waals surface area contributed by atoms with E-state index in [1.165, 1.54) is 12.1 Å². The molecule has 0 unspecified atom stereocenters. The number of nitrogens with zero attached hydrogens (tertiary/aromatic N) is 4. The predicted octanol–water partition coefficient (Wildman–Crippen LogP) is 7.31. The number of hydrazine groups is 1. The number of carbonyl (C=O) groups is 5. The number of amides is 3. The van der Waals surface area contributed by atoms with Gasteiger partial charge >= 0.3 is 11.9 Å². The van der Waals surface area contributed by atoms with Gasteiger partial charge in [0.2, 0.25) is 17.4 Å². The molecule has 318 valence electrons. The summed E-state index contributed by atoms with van der Waals surface area (Å²) in [7, 11) is 1.37. The van der Waals surface area contributed by atoms with Gasteiger partial charge in [-0.25, -0.2) is 14.6 Å². The van der Waals surface area contributed by atoms with Crippen LogP contribution in [0, 0.1) is 5.92 Å². The Kier molecular flexibility index (Phi) is 10.2. The monoisotopic (exact) mass is 848 g/mol. The molecule has 3 fully saturated rings. The third-order valence-corrected chi connectivity index (χ3v) is 13.2. The third-order valence-electron chi connectivity index (χ3n) is 13.2. The lowest BCUT2D eigenvalue weighted by atomic mass is 9.75. The first-order chi connectivity index (χ1) is 31.2. The van der Waals surface area contributed by atoms with Gasteiger partial charge in [0.05, 0.1) is 12.5 Å². The quantitative estimate of drug-likeness (QED) is 0.0573. The van der Waals surface area contributed by atoms with E-state index in [0.29, 0.717) is 33.5 Å². The van der Waals surface area contributed by atoms with Crippen LogP contribution in [0.2, 0.25) is 0 Å². The number of esters is 2. The molecule has 0 aliphatic carbocycles. The van der Waals surface area contributed by atoms with Gasteiger partial charge in [-0.3, -0.25) is 19.3 Å².